The highest BCUT2D eigenvalue weighted by molar-refractivity contribution is 5.49. The van der Waals surface area contributed by atoms with Crippen molar-refractivity contribution < 1.29 is 9.47 Å². The quantitative estimate of drug-likeness (QED) is 0.118. The molecule has 0 heterocycles. The minimum absolute atomic E-state index is 0.0673. The van der Waals surface area contributed by atoms with E-state index in [2.05, 4.69) is 142 Å². The van der Waals surface area contributed by atoms with Crippen LogP contribution in [0.3, 0.4) is 0 Å². The minimum atomic E-state index is 0.0673. The molecule has 2 aromatic rings. The van der Waals surface area contributed by atoms with Crippen molar-refractivity contribution in [1.82, 2.24) is 21.3 Å². The summed E-state index contributed by atoms with van der Waals surface area (Å²) in [5.74, 6) is 1.96. The summed E-state index contributed by atoms with van der Waals surface area (Å²) in [6, 6.07) is 10.1. The maximum absolute atomic E-state index is 5.85. The van der Waals surface area contributed by atoms with Gasteiger partial charge in [0.1, 0.15) is 11.5 Å². The second kappa shape index (κ2) is 18.4. The second-order valence-corrected chi connectivity index (χ2v) is 18.4. The van der Waals surface area contributed by atoms with Crippen molar-refractivity contribution in [2.45, 2.75) is 163 Å². The molecule has 0 spiro atoms. The molecule has 2 aromatic carbocycles. The molecule has 2 rings (SSSR count). The molecule has 2 unspecified atom stereocenters. The maximum atomic E-state index is 5.85. The number of ether oxygens (including phenoxy) is 2. The minimum Gasteiger partial charge on any atom is -0.496 e. The van der Waals surface area contributed by atoms with Crippen LogP contribution in [-0.4, -0.2) is 52.5 Å². The number of hydrogen-bond acceptors (Lipinski definition) is 6. The van der Waals surface area contributed by atoms with Crippen LogP contribution in [0.15, 0.2) is 24.3 Å². The Hall–Kier alpha value is -2.12. The van der Waals surface area contributed by atoms with E-state index in [1.807, 2.05) is 0 Å². The largest absolute Gasteiger partial charge is 0.496 e. The third-order valence-corrected chi connectivity index (χ3v) is 9.57. The van der Waals surface area contributed by atoms with Crippen LogP contribution in [0.25, 0.3) is 0 Å². The molecule has 6 nitrogen and oxygen atoms in total. The Labute approximate surface area is 302 Å². The molecule has 0 aromatic heterocycles. The van der Waals surface area contributed by atoms with E-state index in [9.17, 15) is 0 Å². The van der Waals surface area contributed by atoms with Gasteiger partial charge in [0.05, 0.1) is 14.2 Å². The van der Waals surface area contributed by atoms with E-state index in [1.54, 1.807) is 14.2 Å². The van der Waals surface area contributed by atoms with Crippen LogP contribution in [0.2, 0.25) is 0 Å². The Bertz CT molecular complexity index is 1190. The Morgan fingerprint density at radius 1 is 0.490 bits per heavy atom. The van der Waals surface area contributed by atoms with E-state index < -0.39 is 0 Å². The van der Waals surface area contributed by atoms with Crippen molar-refractivity contribution in [2.24, 2.45) is 0 Å². The smallest absolute Gasteiger partial charge is 0.123 e. The van der Waals surface area contributed by atoms with E-state index in [0.29, 0.717) is 12.1 Å². The Balaban J connectivity index is 1.70. The van der Waals surface area contributed by atoms with Gasteiger partial charge in [0.25, 0.3) is 0 Å². The summed E-state index contributed by atoms with van der Waals surface area (Å²) < 4.78 is 11.7. The van der Waals surface area contributed by atoms with E-state index in [4.69, 9.17) is 9.47 Å². The predicted octanol–water partition coefficient (Wildman–Crippen LogP) is 8.90. The molecular formula is C43H76N4O2. The Morgan fingerprint density at radius 3 is 1.08 bits per heavy atom. The highest BCUT2D eigenvalue weighted by Crippen LogP contribution is 2.39. The highest BCUT2D eigenvalue weighted by atomic mass is 16.5. The topological polar surface area (TPSA) is 66.6 Å². The lowest BCUT2D eigenvalue weighted by Crippen LogP contribution is -2.32. The number of nitrogens with one attached hydrogen (secondary N) is 4. The van der Waals surface area contributed by atoms with Gasteiger partial charge >= 0.3 is 0 Å². The van der Waals surface area contributed by atoms with Gasteiger partial charge in [0.15, 0.2) is 0 Å². The summed E-state index contributed by atoms with van der Waals surface area (Å²) in [6.45, 7) is 37.8. The fourth-order valence-electron chi connectivity index (χ4n) is 6.39. The standard InChI is InChI=1S/C43H76N4O2/c1-30(46-28-32-24-34(40(3,4)5)36(42(9,10)11)26-38(32)48-15)18-22-44-20-17-21-45-23-19-31(2)47-29-33-25-35(41(6,7)8)37(43(12,13)14)27-39(33)49-16/h24-27,30-31,44-47H,17-23,28-29H2,1-16H3. The fraction of sp³-hybridized carbons (Fsp3) is 0.721. The summed E-state index contributed by atoms with van der Waals surface area (Å²) >= 11 is 0. The first-order chi connectivity index (χ1) is 22.6. The zero-order chi connectivity index (χ0) is 37.2. The molecule has 0 aliphatic heterocycles. The molecule has 49 heavy (non-hydrogen) atoms. The highest BCUT2D eigenvalue weighted by Gasteiger charge is 2.28. The molecule has 0 saturated carbocycles. The summed E-state index contributed by atoms with van der Waals surface area (Å²) in [7, 11) is 3.57. The van der Waals surface area contributed by atoms with Gasteiger partial charge in [-0.3, -0.25) is 0 Å². The molecule has 0 amide bonds. The fourth-order valence-corrected chi connectivity index (χ4v) is 6.39. The van der Waals surface area contributed by atoms with Crippen LogP contribution in [0.4, 0.5) is 0 Å². The van der Waals surface area contributed by atoms with Crippen molar-refractivity contribution in [2.75, 3.05) is 40.4 Å². The maximum Gasteiger partial charge on any atom is 0.123 e. The monoisotopic (exact) mass is 681 g/mol. The van der Waals surface area contributed by atoms with Gasteiger partial charge in [-0.15, -0.1) is 0 Å². The van der Waals surface area contributed by atoms with Crippen LogP contribution in [-0.2, 0) is 34.7 Å². The molecule has 2 atom stereocenters. The lowest BCUT2D eigenvalue weighted by molar-refractivity contribution is 0.400. The van der Waals surface area contributed by atoms with Crippen LogP contribution in [0, 0.1) is 0 Å². The predicted molar refractivity (Wildman–Crippen MR) is 213 cm³/mol. The van der Waals surface area contributed by atoms with Crippen LogP contribution >= 0.6 is 0 Å². The van der Waals surface area contributed by atoms with Crippen LogP contribution in [0.5, 0.6) is 11.5 Å². The lowest BCUT2D eigenvalue weighted by atomic mass is 9.74. The third-order valence-electron chi connectivity index (χ3n) is 9.57. The molecule has 0 saturated heterocycles. The summed E-state index contributed by atoms with van der Waals surface area (Å²) in [4.78, 5) is 0. The molecule has 0 bridgehead atoms. The zero-order valence-electron chi connectivity index (χ0n) is 34.6. The summed E-state index contributed by atoms with van der Waals surface area (Å²) in [5, 5.41) is 14.8. The Kier molecular flexibility index (Phi) is 16.2. The van der Waals surface area contributed by atoms with Gasteiger partial charge in [-0.1, -0.05) is 83.1 Å². The molecule has 6 heteroatoms. The first-order valence-electron chi connectivity index (χ1n) is 18.9. The first-order valence-corrected chi connectivity index (χ1v) is 18.9. The van der Waals surface area contributed by atoms with Crippen LogP contribution < -0.4 is 30.7 Å². The van der Waals surface area contributed by atoms with E-state index in [1.165, 1.54) is 33.4 Å². The van der Waals surface area contributed by atoms with E-state index in [0.717, 1.165) is 70.0 Å². The van der Waals surface area contributed by atoms with Crippen LogP contribution in [0.1, 0.15) is 150 Å². The lowest BCUT2D eigenvalue weighted by Gasteiger charge is -2.31. The van der Waals surface area contributed by atoms with Gasteiger partial charge in [0.2, 0.25) is 0 Å². The van der Waals surface area contributed by atoms with Gasteiger partial charge < -0.3 is 30.7 Å². The normalized spacial score (nSPS) is 14.2. The number of hydrogen-bond donors (Lipinski definition) is 4. The SMILES string of the molecule is COc1cc(C(C)(C)C)c(C(C)(C)C)cc1CNC(C)CCNCCCNCCC(C)NCc1cc(C(C)(C)C)c(C(C)(C)C)cc1OC. The molecule has 0 fully saturated rings. The van der Waals surface area contributed by atoms with Gasteiger partial charge in [-0.25, -0.2) is 0 Å². The van der Waals surface area contributed by atoms with Crippen molar-refractivity contribution in [3.63, 3.8) is 0 Å². The first kappa shape index (κ1) is 43.0. The molecule has 4 N–H and O–H groups in total. The van der Waals surface area contributed by atoms with Crippen molar-refractivity contribution >= 4 is 0 Å². The number of rotatable bonds is 18. The third kappa shape index (κ3) is 13.8. The number of methoxy groups -OCH3 is 2. The van der Waals surface area contributed by atoms with Crippen molar-refractivity contribution in [3.8, 4) is 11.5 Å². The second-order valence-electron chi connectivity index (χ2n) is 18.4. The van der Waals surface area contributed by atoms with E-state index >= 15 is 0 Å². The van der Waals surface area contributed by atoms with Gasteiger partial charge in [-0.2, -0.15) is 0 Å². The van der Waals surface area contributed by atoms with Crippen molar-refractivity contribution in [3.05, 3.63) is 57.6 Å². The van der Waals surface area contributed by atoms with Gasteiger partial charge in [-0.05, 0) is 127 Å². The van der Waals surface area contributed by atoms with Gasteiger partial charge in [0, 0.05) is 36.3 Å². The average molecular weight is 681 g/mol. The zero-order valence-corrected chi connectivity index (χ0v) is 34.6. The molecule has 280 valence electrons. The summed E-state index contributed by atoms with van der Waals surface area (Å²) in [6.07, 6.45) is 3.31. The molecular weight excluding hydrogens is 604 g/mol. The Morgan fingerprint density at radius 2 is 0.796 bits per heavy atom. The van der Waals surface area contributed by atoms with E-state index in [-0.39, 0.29) is 21.7 Å². The molecule has 0 radical (unpaired) electrons. The summed E-state index contributed by atoms with van der Waals surface area (Å²) in [5.41, 5.74) is 8.31. The molecule has 0 aliphatic carbocycles. The number of benzene rings is 2. The average Bonchev–Trinajstić information content (AvgIpc) is 2.99. The molecule has 0 aliphatic rings. The van der Waals surface area contributed by atoms with Crippen molar-refractivity contribution in [1.29, 1.82) is 0 Å².